The van der Waals surface area contributed by atoms with E-state index in [-0.39, 0.29) is 18.6 Å². The van der Waals surface area contributed by atoms with Gasteiger partial charge in [0.25, 0.3) is 5.91 Å². The third kappa shape index (κ3) is 5.03. The molecule has 4 rings (SSSR count). The van der Waals surface area contributed by atoms with Gasteiger partial charge in [0.05, 0.1) is 5.56 Å². The highest BCUT2D eigenvalue weighted by molar-refractivity contribution is 5.91. The smallest absolute Gasteiger partial charge is 0.287 e. The van der Waals surface area contributed by atoms with E-state index in [0.29, 0.717) is 28.9 Å². The minimum Gasteiger partial charge on any atom is -0.484 e. The molecule has 1 atom stereocenters. The summed E-state index contributed by atoms with van der Waals surface area (Å²) in [7, 11) is 0. The number of carbonyl (C=O) groups excluding carboxylic acids is 1. The predicted octanol–water partition coefficient (Wildman–Crippen LogP) is 4.26. The maximum Gasteiger partial charge on any atom is 0.287 e. The minimum absolute atomic E-state index is 0.171. The molecular weight excluding hydrogens is 378 g/mol. The molecule has 1 aromatic carbocycles. The van der Waals surface area contributed by atoms with Gasteiger partial charge in [-0.1, -0.05) is 37.8 Å². The van der Waals surface area contributed by atoms with E-state index in [4.69, 9.17) is 14.4 Å². The van der Waals surface area contributed by atoms with E-state index in [9.17, 15) is 4.79 Å². The van der Waals surface area contributed by atoms with Crippen LogP contribution in [0.3, 0.4) is 0 Å². The van der Waals surface area contributed by atoms with Crippen LogP contribution in [-0.4, -0.2) is 36.0 Å². The summed E-state index contributed by atoms with van der Waals surface area (Å²) >= 11 is 0. The van der Waals surface area contributed by atoms with E-state index in [1.165, 1.54) is 38.5 Å². The van der Waals surface area contributed by atoms with Crippen LogP contribution in [0.4, 0.5) is 0 Å². The Kier molecular flexibility index (Phi) is 6.70. The number of ether oxygens (including phenoxy) is 1. The summed E-state index contributed by atoms with van der Waals surface area (Å²) in [5, 5.41) is 12.3. The van der Waals surface area contributed by atoms with Gasteiger partial charge in [-0.3, -0.25) is 9.69 Å². The molecule has 30 heavy (non-hydrogen) atoms. The Labute approximate surface area is 177 Å². The molecular formula is C24H29N3O3. The Balaban J connectivity index is 1.27. The predicted molar refractivity (Wildman–Crippen MR) is 113 cm³/mol. The molecule has 0 bridgehead atoms. The summed E-state index contributed by atoms with van der Waals surface area (Å²) in [6.45, 7) is 2.16. The third-order valence-electron chi connectivity index (χ3n) is 6.16. The highest BCUT2D eigenvalue weighted by Gasteiger charge is 2.30. The largest absolute Gasteiger partial charge is 0.484 e. The molecule has 2 aliphatic rings. The van der Waals surface area contributed by atoms with E-state index < -0.39 is 0 Å². The Bertz CT molecular complexity index is 893. The monoisotopic (exact) mass is 407 g/mol. The molecule has 1 aliphatic heterocycles. The molecule has 1 aromatic heterocycles. The number of likely N-dealkylation sites (tertiary alicyclic amines) is 1. The number of rotatable bonds is 6. The average Bonchev–Trinajstić information content (AvgIpc) is 3.35. The van der Waals surface area contributed by atoms with Crippen molar-refractivity contribution in [1.29, 1.82) is 5.26 Å². The van der Waals surface area contributed by atoms with Crippen LogP contribution >= 0.6 is 0 Å². The van der Waals surface area contributed by atoms with E-state index in [0.717, 1.165) is 19.5 Å². The van der Waals surface area contributed by atoms with Gasteiger partial charge < -0.3 is 14.5 Å². The fourth-order valence-electron chi connectivity index (χ4n) is 4.53. The number of nitriles is 1. The summed E-state index contributed by atoms with van der Waals surface area (Å²) in [4.78, 5) is 15.2. The minimum atomic E-state index is -0.175. The van der Waals surface area contributed by atoms with Crippen molar-refractivity contribution in [3.05, 3.63) is 53.5 Å². The molecule has 2 heterocycles. The van der Waals surface area contributed by atoms with Crippen LogP contribution in [0.25, 0.3) is 0 Å². The van der Waals surface area contributed by atoms with Crippen LogP contribution in [0.2, 0.25) is 0 Å². The van der Waals surface area contributed by atoms with Gasteiger partial charge in [-0.25, -0.2) is 0 Å². The second kappa shape index (κ2) is 9.82. The average molecular weight is 408 g/mol. The standard InChI is InChI=1S/C24H29N3O3/c25-15-18-7-5-6-10-22(18)29-17-21-11-12-23(30-21)24(28)26-19-13-14-27(16-19)20-8-3-1-2-4-9-20/h5-7,10-12,19-20H,1-4,8-9,13-14,16-17H2,(H,26,28). The molecule has 1 saturated carbocycles. The van der Waals surface area contributed by atoms with Crippen molar-refractivity contribution in [2.75, 3.05) is 13.1 Å². The molecule has 6 nitrogen and oxygen atoms in total. The fraction of sp³-hybridized carbons (Fsp3) is 0.500. The first-order chi connectivity index (χ1) is 14.7. The van der Waals surface area contributed by atoms with Crippen LogP contribution in [0, 0.1) is 11.3 Å². The van der Waals surface area contributed by atoms with Crippen molar-refractivity contribution in [2.24, 2.45) is 0 Å². The van der Waals surface area contributed by atoms with Crippen LogP contribution in [0.5, 0.6) is 5.75 Å². The second-order valence-corrected chi connectivity index (χ2v) is 8.26. The number of nitrogens with one attached hydrogen (secondary N) is 1. The van der Waals surface area contributed by atoms with Crippen molar-refractivity contribution in [2.45, 2.75) is 63.6 Å². The summed E-state index contributed by atoms with van der Waals surface area (Å²) < 4.78 is 11.4. The molecule has 1 saturated heterocycles. The number of benzene rings is 1. The van der Waals surface area contributed by atoms with Gasteiger partial charge in [0.1, 0.15) is 24.2 Å². The van der Waals surface area contributed by atoms with Gasteiger partial charge in [-0.05, 0) is 43.5 Å². The van der Waals surface area contributed by atoms with Gasteiger partial charge in [0.15, 0.2) is 5.76 Å². The number of nitrogens with zero attached hydrogens (tertiary/aromatic N) is 2. The fourth-order valence-corrected chi connectivity index (χ4v) is 4.53. The number of furan rings is 1. The van der Waals surface area contributed by atoms with Crippen molar-refractivity contribution >= 4 is 5.91 Å². The van der Waals surface area contributed by atoms with Crippen LogP contribution in [-0.2, 0) is 6.61 Å². The highest BCUT2D eigenvalue weighted by Crippen LogP contribution is 2.25. The quantitative estimate of drug-likeness (QED) is 0.724. The van der Waals surface area contributed by atoms with E-state index in [2.05, 4.69) is 16.3 Å². The van der Waals surface area contributed by atoms with Crippen LogP contribution < -0.4 is 10.1 Å². The topological polar surface area (TPSA) is 78.5 Å². The molecule has 0 radical (unpaired) electrons. The van der Waals surface area contributed by atoms with Gasteiger partial charge in [-0.2, -0.15) is 5.26 Å². The number of hydrogen-bond acceptors (Lipinski definition) is 5. The number of carbonyl (C=O) groups is 1. The van der Waals surface area contributed by atoms with E-state index in [1.807, 2.05) is 6.07 Å². The van der Waals surface area contributed by atoms with E-state index >= 15 is 0 Å². The lowest BCUT2D eigenvalue weighted by Gasteiger charge is -2.26. The van der Waals surface area contributed by atoms with Gasteiger partial charge in [-0.15, -0.1) is 0 Å². The zero-order chi connectivity index (χ0) is 20.8. The number of hydrogen-bond donors (Lipinski definition) is 1. The summed E-state index contributed by atoms with van der Waals surface area (Å²) in [6, 6.07) is 13.4. The maximum absolute atomic E-state index is 12.6. The Morgan fingerprint density at radius 3 is 2.73 bits per heavy atom. The molecule has 1 amide bonds. The third-order valence-corrected chi connectivity index (χ3v) is 6.16. The SMILES string of the molecule is N#Cc1ccccc1OCc1ccc(C(=O)NC2CCN(C3CCCCCC3)C2)o1. The summed E-state index contributed by atoms with van der Waals surface area (Å²) in [6.07, 6.45) is 8.94. The van der Waals surface area contributed by atoms with E-state index in [1.54, 1.807) is 30.3 Å². The Morgan fingerprint density at radius 2 is 1.93 bits per heavy atom. The zero-order valence-electron chi connectivity index (χ0n) is 17.3. The highest BCUT2D eigenvalue weighted by atomic mass is 16.5. The maximum atomic E-state index is 12.6. The lowest BCUT2D eigenvalue weighted by Crippen LogP contribution is -2.39. The zero-order valence-corrected chi connectivity index (χ0v) is 17.3. The van der Waals surface area contributed by atoms with Gasteiger partial charge in [0, 0.05) is 25.2 Å². The molecule has 0 spiro atoms. The van der Waals surface area contributed by atoms with Crippen molar-refractivity contribution in [3.8, 4) is 11.8 Å². The normalized spacial score (nSPS) is 20.4. The molecule has 2 aromatic rings. The van der Waals surface area contributed by atoms with Gasteiger partial charge >= 0.3 is 0 Å². The first-order valence-electron chi connectivity index (χ1n) is 11.0. The molecule has 1 aliphatic carbocycles. The Hall–Kier alpha value is -2.78. The summed E-state index contributed by atoms with van der Waals surface area (Å²) in [5.41, 5.74) is 0.474. The molecule has 158 valence electrons. The second-order valence-electron chi connectivity index (χ2n) is 8.26. The molecule has 1 unspecified atom stereocenters. The van der Waals surface area contributed by atoms with Crippen molar-refractivity contribution < 1.29 is 13.9 Å². The van der Waals surface area contributed by atoms with Crippen LogP contribution in [0.15, 0.2) is 40.8 Å². The molecule has 6 heteroatoms. The first kappa shape index (κ1) is 20.5. The van der Waals surface area contributed by atoms with Crippen LogP contribution in [0.1, 0.15) is 66.8 Å². The number of para-hydroxylation sites is 1. The molecule has 2 fully saturated rings. The lowest BCUT2D eigenvalue weighted by molar-refractivity contribution is 0.0903. The van der Waals surface area contributed by atoms with Crippen molar-refractivity contribution in [1.82, 2.24) is 10.2 Å². The Morgan fingerprint density at radius 1 is 1.13 bits per heavy atom. The van der Waals surface area contributed by atoms with Crippen molar-refractivity contribution in [3.63, 3.8) is 0 Å². The lowest BCUT2D eigenvalue weighted by atomic mass is 10.1. The van der Waals surface area contributed by atoms with Gasteiger partial charge in [0.2, 0.25) is 0 Å². The number of amides is 1. The summed E-state index contributed by atoms with van der Waals surface area (Å²) in [5.74, 6) is 1.19. The molecule has 1 N–H and O–H groups in total. The first-order valence-corrected chi connectivity index (χ1v) is 11.0.